The molecule has 0 bridgehead atoms. The maximum Gasteiger partial charge on any atom is 0.132 e. The first-order valence-corrected chi connectivity index (χ1v) is 7.56. The molecule has 4 aliphatic rings. The Hall–Kier alpha value is -1.87. The molecule has 0 aromatic carbocycles. The summed E-state index contributed by atoms with van der Waals surface area (Å²) in [6, 6.07) is 0. The van der Waals surface area contributed by atoms with E-state index >= 15 is 0 Å². The lowest BCUT2D eigenvalue weighted by atomic mass is 9.91. The van der Waals surface area contributed by atoms with Crippen LogP contribution in [0.3, 0.4) is 0 Å². The predicted molar refractivity (Wildman–Crippen MR) is 83.2 cm³/mol. The number of aliphatic imine (C=N–C) groups is 1. The summed E-state index contributed by atoms with van der Waals surface area (Å²) in [5, 5.41) is 38.0. The Morgan fingerprint density at radius 2 is 2.17 bits per heavy atom. The highest BCUT2D eigenvalue weighted by atomic mass is 16.6. The second kappa shape index (κ2) is 5.07. The number of hydrogen-bond donors (Lipinski definition) is 3. The van der Waals surface area contributed by atoms with Crippen molar-refractivity contribution in [3.63, 3.8) is 0 Å². The third-order valence-corrected chi connectivity index (χ3v) is 4.70. The SMILES string of the molecule is C[C@@]1(O)[C@H](O)[C@@H](CO)O[C@H]1C1=CN2CCC3=C2C(=N1)C=NN=C3. The Kier molecular flexibility index (Phi) is 3.24. The van der Waals surface area contributed by atoms with Crippen LogP contribution in [-0.2, 0) is 4.74 Å². The molecule has 1 fully saturated rings. The van der Waals surface area contributed by atoms with Crippen molar-refractivity contribution in [1.29, 1.82) is 0 Å². The zero-order chi connectivity index (χ0) is 16.2. The lowest BCUT2D eigenvalue weighted by Gasteiger charge is -2.30. The fourth-order valence-electron chi connectivity index (χ4n) is 3.44. The molecule has 0 radical (unpaired) electrons. The second-order valence-corrected chi connectivity index (χ2v) is 6.27. The van der Waals surface area contributed by atoms with Gasteiger partial charge in [-0.25, -0.2) is 4.99 Å². The Bertz CT molecular complexity index is 692. The lowest BCUT2D eigenvalue weighted by Crippen LogP contribution is -2.47. The molecule has 0 spiro atoms. The summed E-state index contributed by atoms with van der Waals surface area (Å²) >= 11 is 0. The summed E-state index contributed by atoms with van der Waals surface area (Å²) in [4.78, 5) is 6.59. The number of ether oxygens (including phenoxy) is 1. The van der Waals surface area contributed by atoms with Crippen molar-refractivity contribution >= 4 is 18.1 Å². The summed E-state index contributed by atoms with van der Waals surface area (Å²) in [6.45, 7) is 1.91. The van der Waals surface area contributed by atoms with Gasteiger partial charge in [-0.3, -0.25) is 0 Å². The van der Waals surface area contributed by atoms with Crippen LogP contribution in [0.25, 0.3) is 0 Å². The van der Waals surface area contributed by atoms with Crippen LogP contribution in [0.15, 0.2) is 38.4 Å². The molecule has 3 N–H and O–H groups in total. The highest BCUT2D eigenvalue weighted by Gasteiger charge is 2.54. The Labute approximate surface area is 132 Å². The minimum absolute atomic E-state index is 0.369. The molecule has 122 valence electrons. The predicted octanol–water partition coefficient (Wildman–Crippen LogP) is -0.816. The number of aliphatic hydroxyl groups is 3. The number of rotatable bonds is 2. The second-order valence-electron chi connectivity index (χ2n) is 6.27. The van der Waals surface area contributed by atoms with Gasteiger partial charge in [0.25, 0.3) is 0 Å². The van der Waals surface area contributed by atoms with Crippen molar-refractivity contribution in [1.82, 2.24) is 4.90 Å². The van der Waals surface area contributed by atoms with Gasteiger partial charge in [-0.1, -0.05) is 0 Å². The fourth-order valence-corrected chi connectivity index (χ4v) is 3.44. The van der Waals surface area contributed by atoms with Crippen LogP contribution in [0.1, 0.15) is 13.3 Å². The maximum absolute atomic E-state index is 10.6. The van der Waals surface area contributed by atoms with Gasteiger partial charge < -0.3 is 25.0 Å². The zero-order valence-electron chi connectivity index (χ0n) is 12.6. The van der Waals surface area contributed by atoms with Crippen molar-refractivity contribution < 1.29 is 20.1 Å². The Morgan fingerprint density at radius 1 is 1.39 bits per heavy atom. The van der Waals surface area contributed by atoms with E-state index in [0.717, 1.165) is 24.2 Å². The van der Waals surface area contributed by atoms with E-state index in [1.54, 1.807) is 12.4 Å². The minimum atomic E-state index is -1.54. The van der Waals surface area contributed by atoms with Gasteiger partial charge in [0.1, 0.15) is 29.6 Å². The largest absolute Gasteiger partial charge is 0.394 e. The van der Waals surface area contributed by atoms with E-state index in [-0.39, 0.29) is 6.61 Å². The van der Waals surface area contributed by atoms with Crippen molar-refractivity contribution in [2.45, 2.75) is 37.3 Å². The van der Waals surface area contributed by atoms with Crippen molar-refractivity contribution in [3.8, 4) is 0 Å². The first kappa shape index (κ1) is 14.7. The van der Waals surface area contributed by atoms with Gasteiger partial charge in [-0.05, 0) is 18.9 Å². The smallest absolute Gasteiger partial charge is 0.132 e. The Morgan fingerprint density at radius 3 is 2.91 bits per heavy atom. The molecule has 8 nitrogen and oxygen atoms in total. The van der Waals surface area contributed by atoms with Gasteiger partial charge >= 0.3 is 0 Å². The number of nitrogens with zero attached hydrogens (tertiary/aromatic N) is 4. The van der Waals surface area contributed by atoms with Crippen LogP contribution in [0, 0.1) is 0 Å². The molecule has 4 heterocycles. The van der Waals surface area contributed by atoms with Gasteiger partial charge in [-0.15, -0.1) is 0 Å². The van der Waals surface area contributed by atoms with Crippen LogP contribution >= 0.6 is 0 Å². The lowest BCUT2D eigenvalue weighted by molar-refractivity contribution is -0.0535. The van der Waals surface area contributed by atoms with E-state index in [1.807, 2.05) is 11.1 Å². The van der Waals surface area contributed by atoms with Crippen LogP contribution in [-0.4, -0.2) is 75.4 Å². The van der Waals surface area contributed by atoms with Gasteiger partial charge in [0, 0.05) is 12.7 Å². The fraction of sp³-hybridized carbons (Fsp3) is 0.533. The Balaban J connectivity index is 1.73. The molecule has 0 amide bonds. The average Bonchev–Trinajstić information content (AvgIpc) is 2.94. The minimum Gasteiger partial charge on any atom is -0.394 e. The summed E-state index contributed by atoms with van der Waals surface area (Å²) in [5.74, 6) is 0. The maximum atomic E-state index is 10.6. The van der Waals surface area contributed by atoms with Crippen molar-refractivity contribution in [2.24, 2.45) is 15.2 Å². The molecule has 0 aromatic heterocycles. The zero-order valence-corrected chi connectivity index (χ0v) is 12.6. The third kappa shape index (κ3) is 2.10. The van der Waals surface area contributed by atoms with E-state index in [2.05, 4.69) is 15.2 Å². The summed E-state index contributed by atoms with van der Waals surface area (Å²) in [5.41, 5.74) is 1.66. The van der Waals surface area contributed by atoms with Gasteiger partial charge in [0.15, 0.2) is 0 Å². The quantitative estimate of drug-likeness (QED) is 0.616. The normalized spacial score (nSPS) is 38.6. The molecule has 0 aromatic rings. The molecule has 0 aliphatic carbocycles. The van der Waals surface area contributed by atoms with Gasteiger partial charge in [-0.2, -0.15) is 10.2 Å². The summed E-state index contributed by atoms with van der Waals surface area (Å²) in [6.07, 6.45) is 3.13. The van der Waals surface area contributed by atoms with E-state index in [1.165, 1.54) is 6.92 Å². The highest BCUT2D eigenvalue weighted by molar-refractivity contribution is 6.39. The first-order valence-electron chi connectivity index (χ1n) is 7.56. The summed E-state index contributed by atoms with van der Waals surface area (Å²) in [7, 11) is 0. The number of allylic oxidation sites excluding steroid dienone is 1. The number of hydrogen-bond acceptors (Lipinski definition) is 8. The molecular formula is C15H18N4O4. The van der Waals surface area contributed by atoms with Crippen LogP contribution in [0.2, 0.25) is 0 Å². The van der Waals surface area contributed by atoms with Crippen molar-refractivity contribution in [2.75, 3.05) is 13.2 Å². The average molecular weight is 318 g/mol. The van der Waals surface area contributed by atoms with E-state index in [0.29, 0.717) is 11.4 Å². The first-order chi connectivity index (χ1) is 11.0. The molecular weight excluding hydrogens is 300 g/mol. The molecule has 8 heteroatoms. The standard InChI is InChI=1S/C15H18N4O4/c1-15(22)13(21)11(7-20)23-14(15)10-6-19-3-2-8-4-16-17-5-9(18-10)12(8)19/h4-6,11,13-14,20-22H,2-3,7H2,1H3/t11-,13-,14+,15-/m1/s1. The van der Waals surface area contributed by atoms with Crippen LogP contribution in [0.4, 0.5) is 0 Å². The van der Waals surface area contributed by atoms with E-state index < -0.39 is 23.9 Å². The molecule has 0 unspecified atom stereocenters. The molecule has 4 aliphatic heterocycles. The molecule has 1 saturated heterocycles. The van der Waals surface area contributed by atoms with Gasteiger partial charge in [0.2, 0.25) is 0 Å². The molecule has 4 atom stereocenters. The molecule has 4 rings (SSSR count). The summed E-state index contributed by atoms with van der Waals surface area (Å²) < 4.78 is 5.65. The van der Waals surface area contributed by atoms with E-state index in [9.17, 15) is 15.3 Å². The highest BCUT2D eigenvalue weighted by Crippen LogP contribution is 2.38. The molecule has 0 saturated carbocycles. The van der Waals surface area contributed by atoms with Gasteiger partial charge in [0.05, 0.1) is 30.4 Å². The topological polar surface area (TPSA) is 110 Å². The van der Waals surface area contributed by atoms with Crippen LogP contribution in [0.5, 0.6) is 0 Å². The third-order valence-electron chi connectivity index (χ3n) is 4.70. The van der Waals surface area contributed by atoms with Crippen molar-refractivity contribution in [3.05, 3.63) is 23.2 Å². The van der Waals surface area contributed by atoms with Crippen LogP contribution < -0.4 is 0 Å². The number of aliphatic hydroxyl groups excluding tert-OH is 2. The monoisotopic (exact) mass is 318 g/mol. The molecule has 23 heavy (non-hydrogen) atoms. The van der Waals surface area contributed by atoms with E-state index in [4.69, 9.17) is 4.74 Å².